The Kier molecular flexibility index (Phi) is 2.53. The number of aromatic nitrogens is 3. The molecule has 0 bridgehead atoms. The van der Waals surface area contributed by atoms with Gasteiger partial charge in [-0.25, -0.2) is 9.78 Å². The second-order valence-electron chi connectivity index (χ2n) is 4.45. The molecule has 0 saturated heterocycles. The van der Waals surface area contributed by atoms with E-state index in [1.54, 1.807) is 12.3 Å². The minimum Gasteiger partial charge on any atom is -0.402 e. The molecule has 86 valence electrons. The van der Waals surface area contributed by atoms with E-state index < -0.39 is 5.60 Å². The van der Waals surface area contributed by atoms with Gasteiger partial charge in [-0.1, -0.05) is 0 Å². The molecular weight excluding hydrogens is 274 g/mol. The molecule has 2 rings (SSSR count). The fourth-order valence-corrected chi connectivity index (χ4v) is 1.64. The Labute approximate surface area is 101 Å². The summed E-state index contributed by atoms with van der Waals surface area (Å²) in [4.78, 5) is 24.0. The molecule has 2 aromatic rings. The van der Waals surface area contributed by atoms with E-state index in [1.807, 2.05) is 20.8 Å². The van der Waals surface area contributed by atoms with Gasteiger partial charge in [-0.05, 0) is 42.8 Å². The van der Waals surface area contributed by atoms with Gasteiger partial charge in [0, 0.05) is 10.7 Å². The third-order valence-electron chi connectivity index (χ3n) is 1.82. The van der Waals surface area contributed by atoms with E-state index in [9.17, 15) is 4.79 Å². The van der Waals surface area contributed by atoms with Gasteiger partial charge >= 0.3 is 5.69 Å². The maximum Gasteiger partial charge on any atom is 0.361 e. The number of imidazole rings is 1. The topological polar surface area (TPSA) is 59.9 Å². The predicted molar refractivity (Wildman–Crippen MR) is 64.4 cm³/mol. The SMILES string of the molecule is CC(C)(C)On1c(=O)[nH]c2cc(Br)cnc21. The van der Waals surface area contributed by atoms with Gasteiger partial charge in [0.1, 0.15) is 5.60 Å². The first kappa shape index (κ1) is 11.2. The number of nitrogens with one attached hydrogen (secondary N) is 1. The first-order valence-electron chi connectivity index (χ1n) is 4.82. The number of nitrogens with zero attached hydrogens (tertiary/aromatic N) is 2. The van der Waals surface area contributed by atoms with Crippen molar-refractivity contribution in [3.8, 4) is 0 Å². The van der Waals surface area contributed by atoms with E-state index >= 15 is 0 Å². The van der Waals surface area contributed by atoms with Crippen LogP contribution >= 0.6 is 15.9 Å². The summed E-state index contributed by atoms with van der Waals surface area (Å²) < 4.78 is 1.99. The third-order valence-corrected chi connectivity index (χ3v) is 2.25. The first-order valence-corrected chi connectivity index (χ1v) is 5.62. The minimum absolute atomic E-state index is 0.324. The molecule has 0 unspecified atom stereocenters. The zero-order valence-electron chi connectivity index (χ0n) is 9.24. The van der Waals surface area contributed by atoms with Crippen LogP contribution in [0.1, 0.15) is 20.8 Å². The van der Waals surface area contributed by atoms with E-state index in [4.69, 9.17) is 4.84 Å². The number of pyridine rings is 1. The van der Waals surface area contributed by atoms with Gasteiger partial charge in [-0.15, -0.1) is 4.73 Å². The van der Waals surface area contributed by atoms with Crippen molar-refractivity contribution in [1.82, 2.24) is 14.7 Å². The molecule has 0 saturated carbocycles. The van der Waals surface area contributed by atoms with Crippen molar-refractivity contribution in [2.75, 3.05) is 0 Å². The summed E-state index contributed by atoms with van der Waals surface area (Å²) in [7, 11) is 0. The number of H-pyrrole nitrogens is 1. The van der Waals surface area contributed by atoms with E-state index in [-0.39, 0.29) is 5.69 Å². The van der Waals surface area contributed by atoms with Crippen LogP contribution in [-0.2, 0) is 0 Å². The number of aromatic amines is 1. The lowest BCUT2D eigenvalue weighted by Crippen LogP contribution is -2.36. The van der Waals surface area contributed by atoms with Crippen molar-refractivity contribution in [3.05, 3.63) is 27.2 Å². The molecular formula is C10H12BrN3O2. The number of hydrogen-bond donors (Lipinski definition) is 1. The van der Waals surface area contributed by atoms with E-state index in [0.717, 1.165) is 4.47 Å². The summed E-state index contributed by atoms with van der Waals surface area (Å²) in [5.41, 5.74) is 0.357. The molecule has 0 fully saturated rings. The van der Waals surface area contributed by atoms with Gasteiger partial charge in [-0.3, -0.25) is 0 Å². The number of hydrogen-bond acceptors (Lipinski definition) is 3. The normalized spacial score (nSPS) is 12.0. The van der Waals surface area contributed by atoms with Crippen LogP contribution in [0, 0.1) is 0 Å². The molecule has 0 aliphatic rings. The van der Waals surface area contributed by atoms with Gasteiger partial charge < -0.3 is 9.82 Å². The van der Waals surface area contributed by atoms with E-state index in [1.165, 1.54) is 4.73 Å². The summed E-state index contributed by atoms with van der Waals surface area (Å²) in [6.07, 6.45) is 1.62. The van der Waals surface area contributed by atoms with Gasteiger partial charge in [0.05, 0.1) is 5.52 Å². The largest absolute Gasteiger partial charge is 0.402 e. The van der Waals surface area contributed by atoms with Gasteiger partial charge in [0.2, 0.25) is 0 Å². The second-order valence-corrected chi connectivity index (χ2v) is 5.37. The van der Waals surface area contributed by atoms with E-state index in [2.05, 4.69) is 25.9 Å². The van der Waals surface area contributed by atoms with Crippen molar-refractivity contribution in [2.45, 2.75) is 26.4 Å². The lowest BCUT2D eigenvalue weighted by Gasteiger charge is -2.19. The maximum absolute atomic E-state index is 11.7. The first-order chi connectivity index (χ1) is 7.37. The fraction of sp³-hybridized carbons (Fsp3) is 0.400. The average Bonchev–Trinajstić information content (AvgIpc) is 2.40. The Morgan fingerprint density at radius 2 is 2.19 bits per heavy atom. The van der Waals surface area contributed by atoms with Crippen molar-refractivity contribution in [1.29, 1.82) is 0 Å². The molecule has 1 N–H and O–H groups in total. The van der Waals surface area contributed by atoms with Gasteiger partial charge in [-0.2, -0.15) is 0 Å². The average molecular weight is 286 g/mol. The zero-order chi connectivity index (χ0) is 11.9. The molecule has 0 aliphatic carbocycles. The monoisotopic (exact) mass is 285 g/mol. The summed E-state index contributed by atoms with van der Waals surface area (Å²) in [5, 5.41) is 0. The molecule has 0 spiro atoms. The Balaban J connectivity index is 2.61. The van der Waals surface area contributed by atoms with Gasteiger partial charge in [0.15, 0.2) is 5.65 Å². The Morgan fingerprint density at radius 1 is 1.50 bits per heavy atom. The predicted octanol–water partition coefficient (Wildman–Crippen LogP) is 1.71. The number of halogens is 1. The molecule has 16 heavy (non-hydrogen) atoms. The van der Waals surface area contributed by atoms with E-state index in [0.29, 0.717) is 11.2 Å². The van der Waals surface area contributed by atoms with Crippen LogP contribution in [0.5, 0.6) is 0 Å². The van der Waals surface area contributed by atoms with Crippen molar-refractivity contribution in [2.24, 2.45) is 0 Å². The van der Waals surface area contributed by atoms with Crippen molar-refractivity contribution < 1.29 is 4.84 Å². The minimum atomic E-state index is -0.451. The lowest BCUT2D eigenvalue weighted by molar-refractivity contribution is -0.0144. The summed E-state index contributed by atoms with van der Waals surface area (Å²) in [6, 6.07) is 1.78. The summed E-state index contributed by atoms with van der Waals surface area (Å²) in [6.45, 7) is 5.62. The third kappa shape index (κ3) is 2.11. The molecule has 6 heteroatoms. The molecule has 5 nitrogen and oxygen atoms in total. The fourth-order valence-electron chi connectivity index (χ4n) is 1.31. The highest BCUT2D eigenvalue weighted by atomic mass is 79.9. The van der Waals surface area contributed by atoms with Crippen LogP contribution in [0.2, 0.25) is 0 Å². The highest BCUT2D eigenvalue weighted by Gasteiger charge is 2.17. The van der Waals surface area contributed by atoms with Crippen LogP contribution in [0.4, 0.5) is 0 Å². The Bertz CT molecular complexity index is 580. The second kappa shape index (κ2) is 3.62. The highest BCUT2D eigenvalue weighted by molar-refractivity contribution is 9.10. The molecule has 0 aliphatic heterocycles. The molecule has 2 aromatic heterocycles. The molecule has 0 aromatic carbocycles. The summed E-state index contributed by atoms with van der Waals surface area (Å²) in [5.74, 6) is 0. The van der Waals surface area contributed by atoms with Crippen LogP contribution in [0.3, 0.4) is 0 Å². The molecule has 2 heterocycles. The molecule has 0 radical (unpaired) electrons. The van der Waals surface area contributed by atoms with Crippen LogP contribution < -0.4 is 10.5 Å². The van der Waals surface area contributed by atoms with Crippen molar-refractivity contribution >= 4 is 27.1 Å². The van der Waals surface area contributed by atoms with Crippen LogP contribution in [0.25, 0.3) is 11.2 Å². The van der Waals surface area contributed by atoms with Crippen LogP contribution in [-0.4, -0.2) is 20.3 Å². The number of rotatable bonds is 1. The Hall–Kier alpha value is -1.30. The maximum atomic E-state index is 11.7. The smallest absolute Gasteiger partial charge is 0.361 e. The standard InChI is InChI=1S/C10H12BrN3O2/c1-10(2,3)16-14-8-7(13-9(14)15)4-6(11)5-12-8/h4-5H,1-3H3,(H,13,15). The van der Waals surface area contributed by atoms with Crippen molar-refractivity contribution in [3.63, 3.8) is 0 Å². The zero-order valence-corrected chi connectivity index (χ0v) is 10.8. The van der Waals surface area contributed by atoms with Crippen LogP contribution in [0.15, 0.2) is 21.5 Å². The highest BCUT2D eigenvalue weighted by Crippen LogP contribution is 2.14. The molecule has 0 amide bonds. The van der Waals surface area contributed by atoms with Gasteiger partial charge in [0.25, 0.3) is 0 Å². The number of fused-ring (bicyclic) bond motifs is 1. The summed E-state index contributed by atoms with van der Waals surface area (Å²) >= 11 is 3.29. The Morgan fingerprint density at radius 3 is 2.81 bits per heavy atom. The molecule has 0 atom stereocenters. The quantitative estimate of drug-likeness (QED) is 0.868. The lowest BCUT2D eigenvalue weighted by atomic mass is 10.2.